The lowest BCUT2D eigenvalue weighted by Gasteiger charge is -2.26. The molecule has 0 aromatic heterocycles. The lowest BCUT2D eigenvalue weighted by Crippen LogP contribution is -2.25. The Balaban J connectivity index is 1.82. The Labute approximate surface area is 131 Å². The quantitative estimate of drug-likeness (QED) is 0.806. The van der Waals surface area contributed by atoms with Crippen LogP contribution in [0.5, 0.6) is 5.75 Å². The zero-order valence-corrected chi connectivity index (χ0v) is 14.2. The molecule has 0 saturated heterocycles. The molecule has 20 heavy (non-hydrogen) atoms. The van der Waals surface area contributed by atoms with E-state index in [1.165, 1.54) is 31.2 Å². The smallest absolute Gasteiger partial charge is 0.123 e. The third-order valence-corrected chi connectivity index (χ3v) is 4.70. The zero-order valence-electron chi connectivity index (χ0n) is 12.6. The van der Waals surface area contributed by atoms with Gasteiger partial charge in [-0.25, -0.2) is 0 Å². The molecule has 0 unspecified atom stereocenters. The van der Waals surface area contributed by atoms with Crippen molar-refractivity contribution in [2.75, 3.05) is 13.2 Å². The molecule has 0 atom stereocenters. The summed E-state index contributed by atoms with van der Waals surface area (Å²) in [4.78, 5) is 0. The van der Waals surface area contributed by atoms with Gasteiger partial charge in [-0.1, -0.05) is 35.7 Å². The minimum absolute atomic E-state index is 0.717. The average Bonchev–Trinajstić information content (AvgIpc) is 2.44. The van der Waals surface area contributed by atoms with Crippen LogP contribution < -0.4 is 10.1 Å². The number of hydrogen-bond acceptors (Lipinski definition) is 2. The third-order valence-electron chi connectivity index (χ3n) is 4.21. The molecular weight excluding hydrogens is 314 g/mol. The molecule has 1 aromatic carbocycles. The molecule has 2 rings (SSSR count). The Morgan fingerprint density at radius 1 is 1.25 bits per heavy atom. The fourth-order valence-electron chi connectivity index (χ4n) is 2.93. The molecule has 1 aliphatic carbocycles. The lowest BCUT2D eigenvalue weighted by atomic mass is 9.83. The van der Waals surface area contributed by atoms with E-state index < -0.39 is 0 Å². The van der Waals surface area contributed by atoms with Crippen molar-refractivity contribution >= 4 is 15.9 Å². The fourth-order valence-corrected chi connectivity index (χ4v) is 3.34. The summed E-state index contributed by atoms with van der Waals surface area (Å²) < 4.78 is 6.80. The van der Waals surface area contributed by atoms with Gasteiger partial charge in [-0.05, 0) is 56.3 Å². The molecule has 0 aliphatic heterocycles. The Hall–Kier alpha value is -0.540. The summed E-state index contributed by atoms with van der Waals surface area (Å²) in [6.07, 6.45) is 5.55. The summed E-state index contributed by atoms with van der Waals surface area (Å²) in [7, 11) is 0. The van der Waals surface area contributed by atoms with Crippen molar-refractivity contribution in [3.05, 3.63) is 28.2 Å². The van der Waals surface area contributed by atoms with E-state index in [9.17, 15) is 0 Å². The highest BCUT2D eigenvalue weighted by Gasteiger charge is 2.17. The van der Waals surface area contributed by atoms with Crippen LogP contribution in [0.15, 0.2) is 22.7 Å². The first-order valence-electron chi connectivity index (χ1n) is 7.81. The summed E-state index contributed by atoms with van der Waals surface area (Å²) in [5.41, 5.74) is 1.24. The van der Waals surface area contributed by atoms with Crippen LogP contribution in [0.4, 0.5) is 0 Å². The van der Waals surface area contributed by atoms with Gasteiger partial charge in [0.15, 0.2) is 0 Å². The molecule has 1 aromatic rings. The highest BCUT2D eigenvalue weighted by molar-refractivity contribution is 9.10. The van der Waals surface area contributed by atoms with Gasteiger partial charge >= 0.3 is 0 Å². The topological polar surface area (TPSA) is 21.3 Å². The van der Waals surface area contributed by atoms with Gasteiger partial charge < -0.3 is 10.1 Å². The highest BCUT2D eigenvalue weighted by atomic mass is 79.9. The number of ether oxygens (including phenoxy) is 1. The predicted octanol–water partition coefficient (Wildman–Crippen LogP) is 4.76. The number of rotatable bonds is 6. The van der Waals surface area contributed by atoms with Crippen molar-refractivity contribution in [2.24, 2.45) is 11.8 Å². The van der Waals surface area contributed by atoms with E-state index in [1.807, 2.05) is 19.1 Å². The molecule has 0 radical (unpaired) electrons. The lowest BCUT2D eigenvalue weighted by molar-refractivity contribution is 0.280. The van der Waals surface area contributed by atoms with Gasteiger partial charge in [0.05, 0.1) is 6.61 Å². The van der Waals surface area contributed by atoms with Crippen LogP contribution in [0.25, 0.3) is 0 Å². The number of benzene rings is 1. The van der Waals surface area contributed by atoms with Crippen LogP contribution in [0.1, 0.15) is 45.1 Å². The van der Waals surface area contributed by atoms with Gasteiger partial charge in [0.25, 0.3) is 0 Å². The van der Waals surface area contributed by atoms with Gasteiger partial charge in [0, 0.05) is 16.6 Å². The minimum Gasteiger partial charge on any atom is -0.494 e. The Morgan fingerprint density at radius 3 is 2.70 bits per heavy atom. The molecule has 2 nitrogen and oxygen atoms in total. The second-order valence-corrected chi connectivity index (χ2v) is 6.86. The second-order valence-electron chi connectivity index (χ2n) is 5.94. The first-order chi connectivity index (χ1) is 9.69. The maximum atomic E-state index is 5.69. The molecular formula is C17H26BrNO. The van der Waals surface area contributed by atoms with Gasteiger partial charge in [0.2, 0.25) is 0 Å². The van der Waals surface area contributed by atoms with E-state index in [1.54, 1.807) is 0 Å². The van der Waals surface area contributed by atoms with Crippen LogP contribution in [0.3, 0.4) is 0 Å². The fraction of sp³-hybridized carbons (Fsp3) is 0.647. The monoisotopic (exact) mass is 339 g/mol. The molecule has 3 heteroatoms. The van der Waals surface area contributed by atoms with Crippen molar-refractivity contribution in [1.29, 1.82) is 0 Å². The third kappa shape index (κ3) is 4.78. The van der Waals surface area contributed by atoms with Crippen LogP contribution in [-0.2, 0) is 6.54 Å². The van der Waals surface area contributed by atoms with Gasteiger partial charge in [-0.15, -0.1) is 0 Å². The number of halogens is 1. The van der Waals surface area contributed by atoms with Crippen molar-refractivity contribution < 1.29 is 4.74 Å². The highest BCUT2D eigenvalue weighted by Crippen LogP contribution is 2.28. The van der Waals surface area contributed by atoms with Gasteiger partial charge in [-0.2, -0.15) is 0 Å². The standard InChI is InChI=1S/C17H26BrNO/c1-3-20-17-9-8-16(18)10-15(17)12-19-11-14-6-4-13(2)5-7-14/h8-10,13-14,19H,3-7,11-12H2,1-2H3. The van der Waals surface area contributed by atoms with Crippen molar-refractivity contribution in [3.63, 3.8) is 0 Å². The molecule has 1 N–H and O–H groups in total. The molecule has 1 fully saturated rings. The normalized spacial score (nSPS) is 22.8. The SMILES string of the molecule is CCOc1ccc(Br)cc1CNCC1CCC(C)CC1. The maximum Gasteiger partial charge on any atom is 0.123 e. The summed E-state index contributed by atoms with van der Waals surface area (Å²) in [6, 6.07) is 6.24. The summed E-state index contributed by atoms with van der Waals surface area (Å²) in [5, 5.41) is 3.61. The van der Waals surface area contributed by atoms with Crippen LogP contribution in [-0.4, -0.2) is 13.2 Å². The van der Waals surface area contributed by atoms with E-state index in [4.69, 9.17) is 4.74 Å². The first kappa shape index (κ1) is 15.8. The Morgan fingerprint density at radius 2 is 2.00 bits per heavy atom. The number of nitrogens with one attached hydrogen (secondary N) is 1. The van der Waals surface area contributed by atoms with Crippen LogP contribution >= 0.6 is 15.9 Å². The number of hydrogen-bond donors (Lipinski definition) is 1. The Kier molecular flexibility index (Phi) is 6.37. The molecule has 0 bridgehead atoms. The predicted molar refractivity (Wildman–Crippen MR) is 88.1 cm³/mol. The molecule has 1 aliphatic rings. The van der Waals surface area contributed by atoms with E-state index in [-0.39, 0.29) is 0 Å². The van der Waals surface area contributed by atoms with E-state index in [2.05, 4.69) is 34.2 Å². The largest absolute Gasteiger partial charge is 0.494 e. The first-order valence-corrected chi connectivity index (χ1v) is 8.60. The summed E-state index contributed by atoms with van der Waals surface area (Å²) >= 11 is 3.54. The average molecular weight is 340 g/mol. The van der Waals surface area contributed by atoms with E-state index in [0.717, 1.165) is 41.8 Å². The molecule has 0 spiro atoms. The Bertz CT molecular complexity index is 413. The summed E-state index contributed by atoms with van der Waals surface area (Å²) in [6.45, 7) is 7.14. The van der Waals surface area contributed by atoms with Crippen LogP contribution in [0.2, 0.25) is 0 Å². The van der Waals surface area contributed by atoms with E-state index in [0.29, 0.717) is 0 Å². The van der Waals surface area contributed by atoms with Crippen molar-refractivity contribution in [3.8, 4) is 5.75 Å². The molecule has 112 valence electrons. The zero-order chi connectivity index (χ0) is 14.4. The van der Waals surface area contributed by atoms with Crippen molar-refractivity contribution in [2.45, 2.75) is 46.1 Å². The van der Waals surface area contributed by atoms with Crippen molar-refractivity contribution in [1.82, 2.24) is 5.32 Å². The minimum atomic E-state index is 0.717. The summed E-state index contributed by atoms with van der Waals surface area (Å²) in [5.74, 6) is 2.79. The maximum absolute atomic E-state index is 5.69. The molecule has 0 heterocycles. The van der Waals surface area contributed by atoms with Gasteiger partial charge in [0.1, 0.15) is 5.75 Å². The molecule has 0 amide bonds. The van der Waals surface area contributed by atoms with E-state index >= 15 is 0 Å². The van der Waals surface area contributed by atoms with Crippen LogP contribution in [0, 0.1) is 11.8 Å². The second kappa shape index (κ2) is 8.04. The molecule has 1 saturated carbocycles. The van der Waals surface area contributed by atoms with Gasteiger partial charge in [-0.3, -0.25) is 0 Å².